The summed E-state index contributed by atoms with van der Waals surface area (Å²) in [6, 6.07) is 10.4. The minimum atomic E-state index is -4.58. The molecular weight excluding hydrogens is 536 g/mol. The maximum atomic E-state index is 14.0. The number of hydrogen-bond acceptors (Lipinski definition) is 7. The number of anilines is 1. The number of hydrogen-bond donors (Lipinski definition) is 3. The Morgan fingerprint density at radius 2 is 1.82 bits per heavy atom. The highest BCUT2D eigenvalue weighted by molar-refractivity contribution is 7.94. The Bertz CT molecular complexity index is 1400. The molecule has 2 aromatic rings. The number of guanidine groups is 1. The van der Waals surface area contributed by atoms with Crippen LogP contribution in [0, 0.1) is 11.3 Å². The molecule has 4 N–H and O–H groups in total. The van der Waals surface area contributed by atoms with Crippen LogP contribution < -0.4 is 15.4 Å². The first-order chi connectivity index (χ1) is 19.0. The number of urea groups is 1. The number of nitrogens with one attached hydrogen (secondary N) is 2. The van der Waals surface area contributed by atoms with Crippen molar-refractivity contribution in [3.05, 3.63) is 42.5 Å². The number of ether oxygens (including phenoxy) is 1. The molecule has 1 unspecified atom stereocenters. The van der Waals surface area contributed by atoms with Gasteiger partial charge in [-0.3, -0.25) is 10.2 Å². The quantitative estimate of drug-likeness (QED) is 0.257. The lowest BCUT2D eigenvalue weighted by Gasteiger charge is -2.34. The minimum absolute atomic E-state index is 0.0350. The van der Waals surface area contributed by atoms with Gasteiger partial charge in [0.2, 0.25) is 5.91 Å². The van der Waals surface area contributed by atoms with E-state index in [0.717, 1.165) is 23.6 Å². The summed E-state index contributed by atoms with van der Waals surface area (Å²) in [7, 11) is -3.36. The number of carbonyl (C=O) groups excluding carboxylic acids is 3. The number of likely N-dealkylation sites (tertiary alicyclic amines) is 2. The molecule has 2 heterocycles. The van der Waals surface area contributed by atoms with Gasteiger partial charge in [0, 0.05) is 26.2 Å². The van der Waals surface area contributed by atoms with E-state index in [9.17, 15) is 22.8 Å². The number of carbonyl (C=O) groups is 3. The Balaban J connectivity index is 1.63. The van der Waals surface area contributed by atoms with Gasteiger partial charge in [0.15, 0.2) is 11.2 Å². The van der Waals surface area contributed by atoms with Gasteiger partial charge in [0.25, 0.3) is 10.0 Å². The highest BCUT2D eigenvalue weighted by atomic mass is 32.2. The zero-order valence-corrected chi connectivity index (χ0v) is 23.5. The van der Waals surface area contributed by atoms with Crippen LogP contribution >= 0.6 is 0 Å². The second kappa shape index (κ2) is 12.1. The van der Waals surface area contributed by atoms with Crippen molar-refractivity contribution in [2.75, 3.05) is 37.6 Å². The molecule has 2 aliphatic heterocycles. The van der Waals surface area contributed by atoms with E-state index in [1.165, 1.54) is 25.0 Å². The normalized spacial score (nSPS) is 20.1. The molecule has 13 heteroatoms. The van der Waals surface area contributed by atoms with Gasteiger partial charge < -0.3 is 25.6 Å². The molecule has 0 spiro atoms. The average molecular weight is 573 g/mol. The maximum Gasteiger partial charge on any atom is 0.335 e. The minimum Gasteiger partial charge on any atom is -0.467 e. The summed E-state index contributed by atoms with van der Waals surface area (Å²) < 4.78 is 33.4. The highest BCUT2D eigenvalue weighted by Crippen LogP contribution is 2.28. The van der Waals surface area contributed by atoms with Crippen molar-refractivity contribution >= 4 is 50.4 Å². The number of esters is 1. The molecular formula is C27H36N6O6S. The molecule has 3 atom stereocenters. The van der Waals surface area contributed by atoms with Crippen LogP contribution in [0.15, 0.2) is 42.5 Å². The maximum absolute atomic E-state index is 14.0. The van der Waals surface area contributed by atoms with E-state index in [1.54, 1.807) is 29.2 Å². The van der Waals surface area contributed by atoms with Crippen molar-refractivity contribution in [1.29, 1.82) is 5.41 Å². The van der Waals surface area contributed by atoms with E-state index < -0.39 is 39.2 Å². The SMILES string of the molecule is COC(=O)C1CCCN1C(=O)[C@@H](C)S(=O)(=O)N(C(=O)NC[C@H]1CCCN(C(=N)N)C1)c1ccc2ccccc2c1. The van der Waals surface area contributed by atoms with Crippen LogP contribution in [-0.2, 0) is 24.3 Å². The van der Waals surface area contributed by atoms with E-state index >= 15 is 0 Å². The topological polar surface area (TPSA) is 166 Å². The number of nitrogens with zero attached hydrogens (tertiary/aromatic N) is 3. The first-order valence-corrected chi connectivity index (χ1v) is 14.8. The summed E-state index contributed by atoms with van der Waals surface area (Å²) in [6.45, 7) is 2.74. The predicted octanol–water partition coefficient (Wildman–Crippen LogP) is 1.84. The lowest BCUT2D eigenvalue weighted by atomic mass is 9.98. The molecule has 12 nitrogen and oxygen atoms in total. The number of methoxy groups -OCH3 is 1. The summed E-state index contributed by atoms with van der Waals surface area (Å²) >= 11 is 0. The van der Waals surface area contributed by atoms with Crippen molar-refractivity contribution in [3.63, 3.8) is 0 Å². The fourth-order valence-corrected chi connectivity index (χ4v) is 6.78. The summed E-state index contributed by atoms with van der Waals surface area (Å²) in [5, 5.41) is 10.4. The van der Waals surface area contributed by atoms with Crippen LogP contribution in [0.1, 0.15) is 32.6 Å². The summed E-state index contributed by atoms with van der Waals surface area (Å²) in [5.74, 6) is -1.45. The molecule has 2 aliphatic rings. The van der Waals surface area contributed by atoms with Crippen LogP contribution in [0.25, 0.3) is 10.8 Å². The Morgan fingerprint density at radius 1 is 1.12 bits per heavy atom. The highest BCUT2D eigenvalue weighted by Gasteiger charge is 2.44. The zero-order valence-electron chi connectivity index (χ0n) is 22.7. The van der Waals surface area contributed by atoms with Gasteiger partial charge in [-0.25, -0.2) is 18.0 Å². The Hall–Kier alpha value is -3.87. The predicted molar refractivity (Wildman–Crippen MR) is 151 cm³/mol. The molecule has 40 heavy (non-hydrogen) atoms. The van der Waals surface area contributed by atoms with Gasteiger partial charge in [-0.1, -0.05) is 30.3 Å². The fraction of sp³-hybridized carbons (Fsp3) is 0.481. The van der Waals surface area contributed by atoms with E-state index in [0.29, 0.717) is 30.2 Å². The molecule has 2 aromatic carbocycles. The standard InChI is InChI=1S/C27H36N6O6S/c1-18(24(34)32-14-6-10-23(32)25(35)39-2)40(37,38)33(22-12-11-20-8-3-4-9-21(20)15-22)27(36)30-16-19-7-5-13-31(17-19)26(28)29/h3-4,8-9,11-12,15,18-19,23H,5-7,10,13-14,16-17H2,1-2H3,(H3,28,29)(H,30,36)/t18-,19-,23?/m1/s1. The smallest absolute Gasteiger partial charge is 0.335 e. The van der Waals surface area contributed by atoms with Gasteiger partial charge in [0.1, 0.15) is 6.04 Å². The molecule has 4 rings (SSSR count). The van der Waals surface area contributed by atoms with E-state index in [1.807, 2.05) is 12.1 Å². The summed E-state index contributed by atoms with van der Waals surface area (Å²) in [6.07, 6.45) is 2.48. The van der Waals surface area contributed by atoms with E-state index in [2.05, 4.69) is 5.32 Å². The molecule has 0 aromatic heterocycles. The van der Waals surface area contributed by atoms with Gasteiger partial charge in [-0.2, -0.15) is 4.31 Å². The monoisotopic (exact) mass is 572 g/mol. The van der Waals surface area contributed by atoms with Gasteiger partial charge in [-0.15, -0.1) is 0 Å². The molecule has 0 radical (unpaired) electrons. The number of piperidine rings is 1. The van der Waals surface area contributed by atoms with Crippen LogP contribution in [0.5, 0.6) is 0 Å². The van der Waals surface area contributed by atoms with Gasteiger partial charge in [0.05, 0.1) is 12.8 Å². The van der Waals surface area contributed by atoms with Crippen molar-refractivity contribution in [3.8, 4) is 0 Å². The first kappa shape index (κ1) is 29.1. The Kier molecular flexibility index (Phi) is 8.82. The molecule has 216 valence electrons. The molecule has 0 bridgehead atoms. The second-order valence-electron chi connectivity index (χ2n) is 10.2. The van der Waals surface area contributed by atoms with Crippen molar-refractivity contribution in [2.45, 2.75) is 43.9 Å². The molecule has 2 saturated heterocycles. The lowest BCUT2D eigenvalue weighted by molar-refractivity contribution is -0.150. The summed E-state index contributed by atoms with van der Waals surface area (Å²) in [5.41, 5.74) is 5.73. The molecule has 0 aliphatic carbocycles. The van der Waals surface area contributed by atoms with Crippen LogP contribution in [-0.4, -0.2) is 86.7 Å². The second-order valence-corrected chi connectivity index (χ2v) is 12.3. The fourth-order valence-electron chi connectivity index (χ4n) is 5.37. The molecule has 3 amide bonds. The molecule has 0 saturated carbocycles. The number of nitrogens with two attached hydrogens (primary N) is 1. The van der Waals surface area contributed by atoms with Crippen molar-refractivity contribution in [2.24, 2.45) is 11.7 Å². The van der Waals surface area contributed by atoms with Gasteiger partial charge >= 0.3 is 12.0 Å². The first-order valence-electron chi connectivity index (χ1n) is 13.3. The van der Waals surface area contributed by atoms with Crippen molar-refractivity contribution < 1.29 is 27.5 Å². The number of fused-ring (bicyclic) bond motifs is 1. The van der Waals surface area contributed by atoms with E-state index in [-0.39, 0.29) is 30.7 Å². The van der Waals surface area contributed by atoms with Crippen LogP contribution in [0.2, 0.25) is 0 Å². The van der Waals surface area contributed by atoms with E-state index in [4.69, 9.17) is 15.9 Å². The molecule has 2 fully saturated rings. The number of benzene rings is 2. The van der Waals surface area contributed by atoms with Crippen LogP contribution in [0.4, 0.5) is 10.5 Å². The average Bonchev–Trinajstić information content (AvgIpc) is 3.45. The summed E-state index contributed by atoms with van der Waals surface area (Å²) in [4.78, 5) is 42.2. The lowest BCUT2D eigenvalue weighted by Crippen LogP contribution is -2.54. The number of amides is 3. The third-order valence-corrected chi connectivity index (χ3v) is 9.59. The number of sulfonamides is 1. The Labute approximate surface area is 234 Å². The number of rotatable bonds is 7. The largest absolute Gasteiger partial charge is 0.467 e. The van der Waals surface area contributed by atoms with Crippen LogP contribution in [0.3, 0.4) is 0 Å². The third kappa shape index (κ3) is 5.98. The van der Waals surface area contributed by atoms with Gasteiger partial charge in [-0.05, 0) is 61.4 Å². The van der Waals surface area contributed by atoms with Crippen molar-refractivity contribution in [1.82, 2.24) is 15.1 Å². The third-order valence-electron chi connectivity index (χ3n) is 7.61. The zero-order chi connectivity index (χ0) is 29.0. The Morgan fingerprint density at radius 3 is 2.52 bits per heavy atom.